The summed E-state index contributed by atoms with van der Waals surface area (Å²) in [4.78, 5) is 15.7. The molecule has 5 rings (SSSR count). The highest BCUT2D eigenvalue weighted by Crippen LogP contribution is 2.35. The maximum atomic E-state index is 14.6. The van der Waals surface area contributed by atoms with Crippen molar-refractivity contribution < 1.29 is 13.9 Å². The number of hydrogen-bond donors (Lipinski definition) is 2. The highest BCUT2D eigenvalue weighted by atomic mass is 19.1. The van der Waals surface area contributed by atoms with E-state index in [4.69, 9.17) is 15.2 Å². The van der Waals surface area contributed by atoms with Gasteiger partial charge in [-0.1, -0.05) is 6.07 Å². The topological polar surface area (TPSA) is 116 Å². The van der Waals surface area contributed by atoms with Crippen molar-refractivity contribution in [3.05, 3.63) is 60.9 Å². The second-order valence-electron chi connectivity index (χ2n) is 9.13. The summed E-state index contributed by atoms with van der Waals surface area (Å²) in [6, 6.07) is 8.42. The fraction of sp³-hybridized carbons (Fsp3) is 0.333. The fourth-order valence-corrected chi connectivity index (χ4v) is 4.61. The van der Waals surface area contributed by atoms with Gasteiger partial charge in [0.1, 0.15) is 23.2 Å². The number of aromatic nitrogens is 5. The number of anilines is 3. The zero-order valence-corrected chi connectivity index (χ0v) is 21.5. The molecule has 198 valence electrons. The molecule has 1 aliphatic heterocycles. The zero-order valence-electron chi connectivity index (χ0n) is 21.5. The Morgan fingerprint density at radius 1 is 1.16 bits per heavy atom. The molecule has 0 spiro atoms. The Morgan fingerprint density at radius 2 is 2.05 bits per heavy atom. The number of pyridine rings is 1. The summed E-state index contributed by atoms with van der Waals surface area (Å²) in [6.45, 7) is 2.89. The molecule has 0 saturated carbocycles. The molecule has 0 bridgehead atoms. The highest BCUT2D eigenvalue weighted by molar-refractivity contribution is 5.80. The van der Waals surface area contributed by atoms with Crippen LogP contribution in [0.1, 0.15) is 12.8 Å². The molecule has 10 nitrogen and oxygen atoms in total. The lowest BCUT2D eigenvalue weighted by atomic mass is 10.0. The van der Waals surface area contributed by atoms with Crippen LogP contribution in [0.5, 0.6) is 5.75 Å². The molecule has 0 amide bonds. The molecule has 11 heteroatoms. The number of hydrogen-bond acceptors (Lipinski definition) is 9. The molecule has 1 aromatic carbocycles. The van der Waals surface area contributed by atoms with E-state index < -0.39 is 5.82 Å². The molecule has 3 N–H and O–H groups in total. The fourth-order valence-electron chi connectivity index (χ4n) is 4.61. The minimum absolute atomic E-state index is 0.103. The smallest absolute Gasteiger partial charge is 0.168 e. The molecule has 3 aromatic heterocycles. The molecule has 4 heterocycles. The van der Waals surface area contributed by atoms with E-state index in [1.165, 1.54) is 13.2 Å². The third-order valence-electron chi connectivity index (χ3n) is 6.48. The molecule has 0 radical (unpaired) electrons. The standard InChI is InChI=1S/C27H31FN8O2/c1-37-12-11-36-16-18(14-32-36)20-15-31-25(13-22(20)35-10-4-5-19(29)17-35)33-24-8-9-30-27(34-24)26-21(28)6-3-7-23(26)38-2/h3,6-9,13-16,19H,4-5,10-12,17,29H2,1-2H3,(H,30,31,33,34)/t19-/m0/s1. The minimum atomic E-state index is -0.459. The average molecular weight is 519 g/mol. The predicted octanol–water partition coefficient (Wildman–Crippen LogP) is 3.87. The summed E-state index contributed by atoms with van der Waals surface area (Å²) >= 11 is 0. The van der Waals surface area contributed by atoms with E-state index in [1.807, 2.05) is 29.3 Å². The van der Waals surface area contributed by atoms with Crippen molar-refractivity contribution in [2.75, 3.05) is 44.1 Å². The summed E-state index contributed by atoms with van der Waals surface area (Å²) in [6.07, 6.45) is 9.25. The Hall–Kier alpha value is -4.09. The van der Waals surface area contributed by atoms with Crippen molar-refractivity contribution in [3.63, 3.8) is 0 Å². The van der Waals surface area contributed by atoms with Gasteiger partial charge in [-0.3, -0.25) is 4.68 Å². The van der Waals surface area contributed by atoms with Crippen LogP contribution in [0.25, 0.3) is 22.5 Å². The monoisotopic (exact) mass is 518 g/mol. The van der Waals surface area contributed by atoms with Gasteiger partial charge >= 0.3 is 0 Å². The first-order valence-corrected chi connectivity index (χ1v) is 12.5. The number of nitrogens with one attached hydrogen (secondary N) is 1. The van der Waals surface area contributed by atoms with E-state index in [9.17, 15) is 4.39 Å². The van der Waals surface area contributed by atoms with Crippen LogP contribution in [0.2, 0.25) is 0 Å². The highest BCUT2D eigenvalue weighted by Gasteiger charge is 2.22. The first-order valence-electron chi connectivity index (χ1n) is 12.5. The molecule has 0 aliphatic carbocycles. The minimum Gasteiger partial charge on any atom is -0.496 e. The predicted molar refractivity (Wildman–Crippen MR) is 144 cm³/mol. The third kappa shape index (κ3) is 5.58. The van der Waals surface area contributed by atoms with Gasteiger partial charge in [0.05, 0.1) is 32.0 Å². The van der Waals surface area contributed by atoms with Gasteiger partial charge < -0.3 is 25.4 Å². The van der Waals surface area contributed by atoms with Crippen molar-refractivity contribution in [1.82, 2.24) is 24.7 Å². The summed E-state index contributed by atoms with van der Waals surface area (Å²) in [7, 11) is 3.16. The van der Waals surface area contributed by atoms with Gasteiger partial charge in [-0.25, -0.2) is 19.3 Å². The van der Waals surface area contributed by atoms with Gasteiger partial charge in [-0.15, -0.1) is 0 Å². The summed E-state index contributed by atoms with van der Waals surface area (Å²) in [5.74, 6) is 1.19. The van der Waals surface area contributed by atoms with Crippen LogP contribution in [0.4, 0.5) is 21.7 Å². The van der Waals surface area contributed by atoms with Gasteiger partial charge in [0.2, 0.25) is 0 Å². The van der Waals surface area contributed by atoms with Gasteiger partial charge in [-0.2, -0.15) is 5.10 Å². The normalized spacial score (nSPS) is 15.5. The second-order valence-corrected chi connectivity index (χ2v) is 9.13. The number of rotatable bonds is 9. The lowest BCUT2D eigenvalue weighted by Gasteiger charge is -2.34. The number of halogens is 1. The van der Waals surface area contributed by atoms with Crippen LogP contribution in [-0.2, 0) is 11.3 Å². The van der Waals surface area contributed by atoms with Crippen LogP contribution in [0, 0.1) is 5.82 Å². The Labute approximate surface area is 220 Å². The van der Waals surface area contributed by atoms with Crippen LogP contribution in [0.3, 0.4) is 0 Å². The number of methoxy groups -OCH3 is 2. The van der Waals surface area contributed by atoms with E-state index in [1.54, 1.807) is 31.5 Å². The molecular weight excluding hydrogens is 487 g/mol. The van der Waals surface area contributed by atoms with E-state index in [-0.39, 0.29) is 17.4 Å². The summed E-state index contributed by atoms with van der Waals surface area (Å²) in [5.41, 5.74) is 9.46. The maximum absolute atomic E-state index is 14.6. The van der Waals surface area contributed by atoms with Crippen LogP contribution in [0.15, 0.2) is 55.1 Å². The number of nitrogens with two attached hydrogens (primary N) is 1. The molecule has 1 aliphatic rings. The quantitative estimate of drug-likeness (QED) is 0.341. The molecule has 4 aromatic rings. The molecule has 1 atom stereocenters. The van der Waals surface area contributed by atoms with Crippen LogP contribution in [-0.4, -0.2) is 64.7 Å². The Balaban J connectivity index is 1.47. The van der Waals surface area contributed by atoms with Crippen LogP contribution < -0.4 is 20.7 Å². The lowest BCUT2D eigenvalue weighted by molar-refractivity contribution is 0.183. The van der Waals surface area contributed by atoms with E-state index in [0.717, 1.165) is 42.7 Å². The second kappa shape index (κ2) is 11.5. The zero-order chi connectivity index (χ0) is 26.5. The van der Waals surface area contributed by atoms with Crippen molar-refractivity contribution in [3.8, 4) is 28.3 Å². The van der Waals surface area contributed by atoms with Gasteiger partial charge in [-0.05, 0) is 31.0 Å². The van der Waals surface area contributed by atoms with Crippen molar-refractivity contribution in [2.45, 2.75) is 25.4 Å². The summed E-state index contributed by atoms with van der Waals surface area (Å²) < 4.78 is 27.0. The Morgan fingerprint density at radius 3 is 2.87 bits per heavy atom. The van der Waals surface area contributed by atoms with Gasteiger partial charge in [0.25, 0.3) is 0 Å². The lowest BCUT2D eigenvalue weighted by Crippen LogP contribution is -2.43. The van der Waals surface area contributed by atoms with E-state index in [2.05, 4.69) is 30.3 Å². The van der Waals surface area contributed by atoms with E-state index in [0.29, 0.717) is 30.5 Å². The van der Waals surface area contributed by atoms with Gasteiger partial charge in [0, 0.05) is 67.7 Å². The number of nitrogens with zero attached hydrogens (tertiary/aromatic N) is 6. The molecule has 1 saturated heterocycles. The first kappa shape index (κ1) is 25.6. The van der Waals surface area contributed by atoms with Crippen molar-refractivity contribution in [1.29, 1.82) is 0 Å². The van der Waals surface area contributed by atoms with E-state index >= 15 is 0 Å². The molecule has 38 heavy (non-hydrogen) atoms. The Kier molecular flexibility index (Phi) is 7.75. The molecule has 1 fully saturated rings. The third-order valence-corrected chi connectivity index (χ3v) is 6.48. The number of ether oxygens (including phenoxy) is 2. The average Bonchev–Trinajstić information content (AvgIpc) is 3.40. The van der Waals surface area contributed by atoms with Gasteiger partial charge in [0.15, 0.2) is 5.82 Å². The Bertz CT molecular complexity index is 1400. The SMILES string of the molecule is COCCn1cc(-c2cnc(Nc3ccnc(-c4c(F)cccc4OC)n3)cc2N2CCC[C@H](N)C2)cn1. The first-order chi connectivity index (χ1) is 18.6. The van der Waals surface area contributed by atoms with Crippen molar-refractivity contribution >= 4 is 17.3 Å². The number of piperidine rings is 1. The largest absolute Gasteiger partial charge is 0.496 e. The molecule has 0 unspecified atom stereocenters. The molecular formula is C27H31FN8O2. The summed E-state index contributed by atoms with van der Waals surface area (Å²) in [5, 5.41) is 7.73. The number of benzene rings is 1. The maximum Gasteiger partial charge on any atom is 0.168 e. The van der Waals surface area contributed by atoms with Crippen molar-refractivity contribution in [2.24, 2.45) is 5.73 Å². The van der Waals surface area contributed by atoms with Crippen LogP contribution >= 0.6 is 0 Å².